The molecule has 0 fully saturated rings. The molecule has 1 aromatic heterocycles. The Morgan fingerprint density at radius 2 is 2.17 bits per heavy atom. The van der Waals surface area contributed by atoms with E-state index in [0.717, 1.165) is 34.0 Å². The molecule has 0 spiro atoms. The molecule has 0 aliphatic heterocycles. The van der Waals surface area contributed by atoms with Crippen molar-refractivity contribution in [2.24, 2.45) is 5.73 Å². The number of benzene rings is 1. The van der Waals surface area contributed by atoms with E-state index in [-0.39, 0.29) is 5.82 Å². The molecule has 0 amide bonds. The normalized spacial score (nSPS) is 10.9. The highest BCUT2D eigenvalue weighted by Gasteiger charge is 2.14. The smallest absolute Gasteiger partial charge is 0.133 e. The summed E-state index contributed by atoms with van der Waals surface area (Å²) in [5, 5.41) is 0.736. The molecule has 1 heterocycles. The number of rotatable bonds is 4. The highest BCUT2D eigenvalue weighted by atomic mass is 32.1. The predicted octanol–water partition coefficient (Wildman–Crippen LogP) is 3.67. The van der Waals surface area contributed by atoms with Crippen molar-refractivity contribution < 1.29 is 4.39 Å². The Hall–Kier alpha value is -1.26. The molecule has 2 N–H and O–H groups in total. The van der Waals surface area contributed by atoms with Crippen molar-refractivity contribution in [1.82, 2.24) is 4.98 Å². The van der Waals surface area contributed by atoms with E-state index in [0.29, 0.717) is 12.1 Å². The first kappa shape index (κ1) is 13.2. The Kier molecular flexibility index (Phi) is 4.09. The summed E-state index contributed by atoms with van der Waals surface area (Å²) in [5.74, 6) is -0.221. The zero-order valence-electron chi connectivity index (χ0n) is 10.7. The van der Waals surface area contributed by atoms with Crippen LogP contribution < -0.4 is 5.73 Å². The Morgan fingerprint density at radius 3 is 2.83 bits per heavy atom. The summed E-state index contributed by atoms with van der Waals surface area (Å²) in [6.45, 7) is 4.53. The van der Waals surface area contributed by atoms with Gasteiger partial charge in [-0.05, 0) is 25.5 Å². The fraction of sp³-hybridized carbons (Fsp3) is 0.357. The standard InChI is InChI=1S/C14H17FN2S/c1-3-4-12-13(8-16)18-14(17-12)10-7-9(2)5-6-11(10)15/h5-7H,3-4,8,16H2,1-2H3. The van der Waals surface area contributed by atoms with Crippen molar-refractivity contribution >= 4 is 11.3 Å². The van der Waals surface area contributed by atoms with Gasteiger partial charge in [0.2, 0.25) is 0 Å². The number of hydrogen-bond acceptors (Lipinski definition) is 3. The number of aryl methyl sites for hydroxylation is 2. The molecule has 0 bridgehead atoms. The third kappa shape index (κ3) is 2.60. The van der Waals surface area contributed by atoms with Crippen LogP contribution in [0.4, 0.5) is 4.39 Å². The van der Waals surface area contributed by atoms with E-state index >= 15 is 0 Å². The van der Waals surface area contributed by atoms with Crippen molar-refractivity contribution in [1.29, 1.82) is 0 Å². The number of nitrogens with zero attached hydrogens (tertiary/aromatic N) is 1. The van der Waals surface area contributed by atoms with E-state index in [1.54, 1.807) is 6.07 Å². The van der Waals surface area contributed by atoms with Crippen molar-refractivity contribution in [3.8, 4) is 10.6 Å². The van der Waals surface area contributed by atoms with Crippen LogP contribution >= 0.6 is 11.3 Å². The molecule has 0 saturated carbocycles. The molecule has 0 atom stereocenters. The maximum Gasteiger partial charge on any atom is 0.133 e. The summed E-state index contributed by atoms with van der Waals surface area (Å²) >= 11 is 1.50. The number of halogens is 1. The molecule has 2 aromatic rings. The van der Waals surface area contributed by atoms with Crippen molar-refractivity contribution in [3.63, 3.8) is 0 Å². The molecule has 0 unspecified atom stereocenters. The Balaban J connectivity index is 2.47. The van der Waals surface area contributed by atoms with Gasteiger partial charge in [0, 0.05) is 17.0 Å². The molecule has 0 aliphatic rings. The minimum atomic E-state index is -0.221. The Bertz CT molecular complexity index is 549. The molecule has 4 heteroatoms. The zero-order valence-corrected chi connectivity index (χ0v) is 11.5. The summed E-state index contributed by atoms with van der Waals surface area (Å²) in [6.07, 6.45) is 1.92. The molecule has 18 heavy (non-hydrogen) atoms. The first-order valence-electron chi connectivity index (χ1n) is 6.10. The first-order valence-corrected chi connectivity index (χ1v) is 6.92. The predicted molar refractivity (Wildman–Crippen MR) is 74.1 cm³/mol. The van der Waals surface area contributed by atoms with Crippen molar-refractivity contribution in [3.05, 3.63) is 40.2 Å². The molecule has 0 aliphatic carbocycles. The van der Waals surface area contributed by atoms with Crippen LogP contribution in [0.5, 0.6) is 0 Å². The largest absolute Gasteiger partial charge is 0.326 e. The lowest BCUT2D eigenvalue weighted by Gasteiger charge is -2.00. The van der Waals surface area contributed by atoms with Gasteiger partial charge in [0.25, 0.3) is 0 Å². The first-order chi connectivity index (χ1) is 8.65. The summed E-state index contributed by atoms with van der Waals surface area (Å²) in [6, 6.07) is 5.10. The summed E-state index contributed by atoms with van der Waals surface area (Å²) in [5.41, 5.74) is 8.35. The third-order valence-corrected chi connectivity index (χ3v) is 3.96. The fourth-order valence-electron chi connectivity index (χ4n) is 1.89. The van der Waals surface area contributed by atoms with Gasteiger partial charge in [0.15, 0.2) is 0 Å². The minimum Gasteiger partial charge on any atom is -0.326 e. The molecular formula is C14H17FN2S. The Morgan fingerprint density at radius 1 is 1.39 bits per heavy atom. The van der Waals surface area contributed by atoms with Gasteiger partial charge in [0.1, 0.15) is 10.8 Å². The minimum absolute atomic E-state index is 0.221. The quantitative estimate of drug-likeness (QED) is 0.915. The van der Waals surface area contributed by atoms with E-state index in [9.17, 15) is 4.39 Å². The van der Waals surface area contributed by atoms with Crippen molar-refractivity contribution in [2.75, 3.05) is 0 Å². The van der Waals surface area contributed by atoms with Crippen LogP contribution in [0.15, 0.2) is 18.2 Å². The average Bonchev–Trinajstić information content (AvgIpc) is 2.76. The average molecular weight is 264 g/mol. The number of aromatic nitrogens is 1. The van der Waals surface area contributed by atoms with Gasteiger partial charge in [-0.2, -0.15) is 0 Å². The van der Waals surface area contributed by atoms with Crippen LogP contribution in [-0.2, 0) is 13.0 Å². The van der Waals surface area contributed by atoms with Crippen molar-refractivity contribution in [2.45, 2.75) is 33.2 Å². The maximum atomic E-state index is 13.8. The lowest BCUT2D eigenvalue weighted by atomic mass is 10.1. The number of nitrogens with two attached hydrogens (primary N) is 1. The fourth-order valence-corrected chi connectivity index (χ4v) is 2.90. The highest BCUT2D eigenvalue weighted by Crippen LogP contribution is 2.31. The van der Waals surface area contributed by atoms with Gasteiger partial charge in [-0.3, -0.25) is 0 Å². The second-order valence-electron chi connectivity index (χ2n) is 4.33. The third-order valence-electron chi connectivity index (χ3n) is 2.80. The molecule has 0 radical (unpaired) electrons. The van der Waals surface area contributed by atoms with Crippen LogP contribution in [0.2, 0.25) is 0 Å². The molecule has 1 aromatic carbocycles. The monoisotopic (exact) mass is 264 g/mol. The molecular weight excluding hydrogens is 247 g/mol. The molecule has 2 rings (SSSR count). The van der Waals surface area contributed by atoms with E-state index in [4.69, 9.17) is 5.73 Å². The van der Waals surface area contributed by atoms with Crippen LogP contribution in [0.25, 0.3) is 10.6 Å². The summed E-state index contributed by atoms with van der Waals surface area (Å²) < 4.78 is 13.8. The van der Waals surface area contributed by atoms with Gasteiger partial charge in [0.05, 0.1) is 5.69 Å². The van der Waals surface area contributed by atoms with E-state index in [2.05, 4.69) is 11.9 Å². The second kappa shape index (κ2) is 5.59. The van der Waals surface area contributed by atoms with Crippen LogP contribution in [0, 0.1) is 12.7 Å². The SMILES string of the molecule is CCCc1nc(-c2cc(C)ccc2F)sc1CN. The lowest BCUT2D eigenvalue weighted by molar-refractivity contribution is 0.630. The molecule has 0 saturated heterocycles. The maximum absolute atomic E-state index is 13.8. The number of thiazole rings is 1. The Labute approximate surface area is 111 Å². The van der Waals surface area contributed by atoms with E-state index < -0.39 is 0 Å². The molecule has 96 valence electrons. The van der Waals surface area contributed by atoms with Gasteiger partial charge in [-0.25, -0.2) is 9.37 Å². The van der Waals surface area contributed by atoms with E-state index in [1.165, 1.54) is 17.4 Å². The van der Waals surface area contributed by atoms with Gasteiger partial charge < -0.3 is 5.73 Å². The summed E-state index contributed by atoms with van der Waals surface area (Å²) in [7, 11) is 0. The van der Waals surface area contributed by atoms with Crippen LogP contribution in [0.3, 0.4) is 0 Å². The second-order valence-corrected chi connectivity index (χ2v) is 5.41. The zero-order chi connectivity index (χ0) is 13.1. The van der Waals surface area contributed by atoms with Crippen LogP contribution in [0.1, 0.15) is 29.5 Å². The lowest BCUT2D eigenvalue weighted by Crippen LogP contribution is -1.97. The topological polar surface area (TPSA) is 38.9 Å². The van der Waals surface area contributed by atoms with Gasteiger partial charge >= 0.3 is 0 Å². The van der Waals surface area contributed by atoms with E-state index in [1.807, 2.05) is 13.0 Å². The summed E-state index contributed by atoms with van der Waals surface area (Å²) in [4.78, 5) is 5.60. The molecule has 2 nitrogen and oxygen atoms in total. The van der Waals surface area contributed by atoms with Crippen LogP contribution in [-0.4, -0.2) is 4.98 Å². The van der Waals surface area contributed by atoms with Gasteiger partial charge in [-0.15, -0.1) is 11.3 Å². The van der Waals surface area contributed by atoms with Gasteiger partial charge in [-0.1, -0.05) is 25.0 Å². The number of hydrogen-bond donors (Lipinski definition) is 1. The highest BCUT2D eigenvalue weighted by molar-refractivity contribution is 7.15.